The molecule has 0 bridgehead atoms. The van der Waals surface area contributed by atoms with E-state index in [2.05, 4.69) is 16.0 Å². The minimum absolute atomic E-state index is 0.0727. The van der Waals surface area contributed by atoms with E-state index in [4.69, 9.17) is 4.74 Å². The number of hydrogen-bond acceptors (Lipinski definition) is 7. The molecule has 0 heterocycles. The number of para-hydroxylation sites is 1. The van der Waals surface area contributed by atoms with Crippen molar-refractivity contribution in [3.05, 3.63) is 64.2 Å². The first-order valence-corrected chi connectivity index (χ1v) is 9.26. The smallest absolute Gasteiger partial charge is 0.339 e. The fourth-order valence-electron chi connectivity index (χ4n) is 2.56. The van der Waals surface area contributed by atoms with E-state index in [1.165, 1.54) is 19.1 Å². The van der Waals surface area contributed by atoms with E-state index < -0.39 is 28.9 Å². The zero-order valence-electron chi connectivity index (χ0n) is 16.1. The van der Waals surface area contributed by atoms with Gasteiger partial charge in [0, 0.05) is 17.8 Å². The number of amides is 3. The summed E-state index contributed by atoms with van der Waals surface area (Å²) in [5, 5.41) is 18.9. The Kier molecular flexibility index (Phi) is 6.26. The van der Waals surface area contributed by atoms with Crippen molar-refractivity contribution in [2.24, 2.45) is 0 Å². The lowest BCUT2D eigenvalue weighted by Crippen LogP contribution is -2.41. The summed E-state index contributed by atoms with van der Waals surface area (Å²) in [5.74, 6) is -1.75. The van der Waals surface area contributed by atoms with E-state index in [0.29, 0.717) is 11.4 Å². The molecule has 0 aromatic heterocycles. The summed E-state index contributed by atoms with van der Waals surface area (Å²) in [4.78, 5) is 47.0. The number of benzene rings is 2. The Hall–Kier alpha value is -3.95. The monoisotopic (exact) mass is 412 g/mol. The second kappa shape index (κ2) is 9.03. The van der Waals surface area contributed by atoms with Crippen LogP contribution in [0.3, 0.4) is 0 Å². The number of rotatable bonds is 7. The summed E-state index contributed by atoms with van der Waals surface area (Å²) in [7, 11) is 0. The summed E-state index contributed by atoms with van der Waals surface area (Å²) in [6, 6.07) is 11.8. The van der Waals surface area contributed by atoms with Gasteiger partial charge in [-0.15, -0.1) is 0 Å². The fraction of sp³-hybridized carbons (Fsp3) is 0.250. The van der Waals surface area contributed by atoms with Crippen molar-refractivity contribution in [3.63, 3.8) is 0 Å². The fourth-order valence-corrected chi connectivity index (χ4v) is 2.56. The molecule has 30 heavy (non-hydrogen) atoms. The van der Waals surface area contributed by atoms with Crippen molar-refractivity contribution in [2.45, 2.75) is 31.9 Å². The minimum atomic E-state index is -1.29. The lowest BCUT2D eigenvalue weighted by molar-refractivity contribution is -0.384. The van der Waals surface area contributed by atoms with E-state index in [0.717, 1.165) is 18.9 Å². The highest BCUT2D eigenvalue weighted by atomic mass is 16.6. The molecule has 3 rings (SSSR count). The van der Waals surface area contributed by atoms with E-state index in [1.54, 1.807) is 30.3 Å². The van der Waals surface area contributed by atoms with Crippen molar-refractivity contribution >= 4 is 35.0 Å². The zero-order valence-corrected chi connectivity index (χ0v) is 16.1. The van der Waals surface area contributed by atoms with Gasteiger partial charge in [-0.05, 0) is 44.0 Å². The van der Waals surface area contributed by atoms with Gasteiger partial charge >= 0.3 is 12.0 Å². The molecule has 2 aromatic carbocycles. The Bertz CT molecular complexity index is 975. The standard InChI is InChI=1S/C20H20N4O6/c1-12(18(25)23-20(27)22-14-5-3-2-4-6-14)30-19(26)13-7-10-16(21-15-8-9-15)17(11-13)24(28)29/h2-7,10-12,15,21H,8-9H2,1H3,(H2,22,23,25,27). The van der Waals surface area contributed by atoms with Crippen molar-refractivity contribution < 1.29 is 24.0 Å². The molecule has 2 aromatic rings. The van der Waals surface area contributed by atoms with Gasteiger partial charge in [0.25, 0.3) is 11.6 Å². The molecule has 1 aliphatic rings. The number of nitro groups is 1. The normalized spacial score (nSPS) is 13.6. The number of esters is 1. The Morgan fingerprint density at radius 1 is 1.13 bits per heavy atom. The third kappa shape index (κ3) is 5.53. The van der Waals surface area contributed by atoms with E-state index in [1.807, 2.05) is 0 Å². The quantitative estimate of drug-likeness (QED) is 0.361. The molecule has 156 valence electrons. The van der Waals surface area contributed by atoms with Crippen LogP contribution in [0.25, 0.3) is 0 Å². The molecule has 0 spiro atoms. The second-order valence-corrected chi connectivity index (χ2v) is 6.76. The summed E-state index contributed by atoms with van der Waals surface area (Å²) in [6.45, 7) is 1.29. The van der Waals surface area contributed by atoms with Crippen LogP contribution in [0, 0.1) is 10.1 Å². The predicted molar refractivity (Wildman–Crippen MR) is 108 cm³/mol. The Balaban J connectivity index is 1.58. The van der Waals surface area contributed by atoms with Crippen LogP contribution in [0.5, 0.6) is 0 Å². The molecule has 1 aliphatic carbocycles. The number of hydrogen-bond donors (Lipinski definition) is 3. The van der Waals surface area contributed by atoms with Gasteiger partial charge in [-0.2, -0.15) is 0 Å². The zero-order chi connectivity index (χ0) is 21.7. The Morgan fingerprint density at radius 3 is 2.47 bits per heavy atom. The molecule has 1 atom stereocenters. The van der Waals surface area contributed by atoms with Gasteiger partial charge in [0.2, 0.25) is 0 Å². The number of nitro benzene ring substituents is 1. The largest absolute Gasteiger partial charge is 0.449 e. The molecule has 1 fully saturated rings. The van der Waals surface area contributed by atoms with Crippen LogP contribution in [0.2, 0.25) is 0 Å². The van der Waals surface area contributed by atoms with Gasteiger partial charge in [-0.25, -0.2) is 9.59 Å². The van der Waals surface area contributed by atoms with Crippen LogP contribution >= 0.6 is 0 Å². The summed E-state index contributed by atoms with van der Waals surface area (Å²) in [5.41, 5.74) is 0.481. The lowest BCUT2D eigenvalue weighted by atomic mass is 10.1. The van der Waals surface area contributed by atoms with Crippen LogP contribution < -0.4 is 16.0 Å². The number of carbonyl (C=O) groups excluding carboxylic acids is 3. The molecule has 3 N–H and O–H groups in total. The van der Waals surface area contributed by atoms with Crippen molar-refractivity contribution in [1.29, 1.82) is 0 Å². The average Bonchev–Trinajstić information content (AvgIpc) is 3.52. The third-order valence-electron chi connectivity index (χ3n) is 4.29. The van der Waals surface area contributed by atoms with Crippen molar-refractivity contribution in [1.82, 2.24) is 5.32 Å². The van der Waals surface area contributed by atoms with Crippen LogP contribution in [-0.4, -0.2) is 35.0 Å². The van der Waals surface area contributed by atoms with Gasteiger partial charge in [-0.1, -0.05) is 18.2 Å². The second-order valence-electron chi connectivity index (χ2n) is 6.76. The number of urea groups is 1. The molecule has 0 saturated heterocycles. The Labute approximate surface area is 171 Å². The summed E-state index contributed by atoms with van der Waals surface area (Å²) < 4.78 is 5.04. The van der Waals surface area contributed by atoms with Crippen LogP contribution in [0.4, 0.5) is 21.9 Å². The first-order valence-electron chi connectivity index (χ1n) is 9.26. The highest BCUT2D eigenvalue weighted by Gasteiger charge is 2.27. The number of ether oxygens (including phenoxy) is 1. The molecule has 1 saturated carbocycles. The lowest BCUT2D eigenvalue weighted by Gasteiger charge is -2.14. The SMILES string of the molecule is CC(OC(=O)c1ccc(NC2CC2)c([N+](=O)[O-])c1)C(=O)NC(=O)Nc1ccccc1. The summed E-state index contributed by atoms with van der Waals surface area (Å²) >= 11 is 0. The van der Waals surface area contributed by atoms with Gasteiger partial charge in [0.05, 0.1) is 10.5 Å². The molecule has 10 nitrogen and oxygen atoms in total. The number of nitrogens with zero attached hydrogens (tertiary/aromatic N) is 1. The highest BCUT2D eigenvalue weighted by molar-refractivity contribution is 6.03. The maximum Gasteiger partial charge on any atom is 0.339 e. The maximum absolute atomic E-state index is 12.3. The molecular formula is C20H20N4O6. The Morgan fingerprint density at radius 2 is 1.83 bits per heavy atom. The van der Waals surface area contributed by atoms with Gasteiger partial charge in [0.1, 0.15) is 5.69 Å². The van der Waals surface area contributed by atoms with Gasteiger partial charge in [0.15, 0.2) is 6.10 Å². The van der Waals surface area contributed by atoms with Crippen LogP contribution in [0.15, 0.2) is 48.5 Å². The van der Waals surface area contributed by atoms with E-state index in [-0.39, 0.29) is 17.3 Å². The molecule has 3 amide bonds. The molecule has 10 heteroatoms. The summed E-state index contributed by atoms with van der Waals surface area (Å²) in [6.07, 6.45) is 0.582. The van der Waals surface area contributed by atoms with Crippen LogP contribution in [-0.2, 0) is 9.53 Å². The van der Waals surface area contributed by atoms with E-state index in [9.17, 15) is 24.5 Å². The maximum atomic E-state index is 12.3. The van der Waals surface area contributed by atoms with Gasteiger partial charge in [-0.3, -0.25) is 20.2 Å². The first kappa shape index (κ1) is 20.8. The highest BCUT2D eigenvalue weighted by Crippen LogP contribution is 2.31. The number of anilines is 2. The van der Waals surface area contributed by atoms with Crippen LogP contribution in [0.1, 0.15) is 30.1 Å². The molecular weight excluding hydrogens is 392 g/mol. The minimum Gasteiger partial charge on any atom is -0.449 e. The predicted octanol–water partition coefficient (Wildman–Crippen LogP) is 3.06. The number of imide groups is 1. The van der Waals surface area contributed by atoms with Crippen molar-refractivity contribution in [3.8, 4) is 0 Å². The molecule has 0 radical (unpaired) electrons. The first-order chi connectivity index (χ1) is 14.3. The molecule has 1 unspecified atom stereocenters. The molecule has 0 aliphatic heterocycles. The van der Waals surface area contributed by atoms with Crippen molar-refractivity contribution in [2.75, 3.05) is 10.6 Å². The van der Waals surface area contributed by atoms with Gasteiger partial charge < -0.3 is 15.4 Å². The average molecular weight is 412 g/mol. The topological polar surface area (TPSA) is 140 Å². The third-order valence-corrected chi connectivity index (χ3v) is 4.29. The number of carbonyl (C=O) groups is 3. The van der Waals surface area contributed by atoms with E-state index >= 15 is 0 Å². The number of nitrogens with one attached hydrogen (secondary N) is 3.